The second kappa shape index (κ2) is 11.2. The van der Waals surface area contributed by atoms with E-state index in [2.05, 4.69) is 78.5 Å². The lowest BCUT2D eigenvalue weighted by Gasteiger charge is -2.20. The fourth-order valence-corrected chi connectivity index (χ4v) is 3.34. The highest BCUT2D eigenvalue weighted by molar-refractivity contribution is 9.10. The van der Waals surface area contributed by atoms with Crippen molar-refractivity contribution >= 4 is 27.6 Å². The Morgan fingerprint density at radius 2 is 1.79 bits per heavy atom. The molecule has 29 heavy (non-hydrogen) atoms. The highest BCUT2D eigenvalue weighted by Crippen LogP contribution is 2.31. The predicted molar refractivity (Wildman–Crippen MR) is 125 cm³/mol. The lowest BCUT2D eigenvalue weighted by atomic mass is 9.87. The molecule has 5 heteroatoms. The van der Waals surface area contributed by atoms with E-state index in [1.807, 2.05) is 18.2 Å². The summed E-state index contributed by atoms with van der Waals surface area (Å²) in [6.45, 7) is 9.84. The second-order valence-corrected chi connectivity index (χ2v) is 9.13. The first kappa shape index (κ1) is 23.3. The molecule has 2 rings (SSSR count). The number of rotatable bonds is 9. The zero-order chi connectivity index (χ0) is 21.3. The lowest BCUT2D eigenvalue weighted by molar-refractivity contribution is 0.250. The summed E-state index contributed by atoms with van der Waals surface area (Å²) in [7, 11) is 0. The summed E-state index contributed by atoms with van der Waals surface area (Å²) in [6, 6.07) is 14.0. The van der Waals surface area contributed by atoms with E-state index < -0.39 is 0 Å². The number of carbonyl (C=O) groups excluding carboxylic acids is 1. The first-order valence-corrected chi connectivity index (χ1v) is 11.2. The monoisotopic (exact) mass is 460 g/mol. The van der Waals surface area contributed by atoms with Crippen LogP contribution in [0.3, 0.4) is 0 Å². The molecular formula is C24H33BrN2O2. The van der Waals surface area contributed by atoms with Gasteiger partial charge in [0.1, 0.15) is 5.75 Å². The van der Waals surface area contributed by atoms with Gasteiger partial charge in [0.2, 0.25) is 0 Å². The lowest BCUT2D eigenvalue weighted by Crippen LogP contribution is -2.30. The second-order valence-electron chi connectivity index (χ2n) is 8.28. The van der Waals surface area contributed by atoms with Gasteiger partial charge in [-0.25, -0.2) is 4.79 Å². The minimum absolute atomic E-state index is 0.105. The van der Waals surface area contributed by atoms with Crippen molar-refractivity contribution in [2.45, 2.75) is 58.8 Å². The van der Waals surface area contributed by atoms with Gasteiger partial charge in [-0.05, 0) is 76.0 Å². The Balaban J connectivity index is 1.68. The Hall–Kier alpha value is -2.01. The third-order valence-corrected chi connectivity index (χ3v) is 5.31. The maximum Gasteiger partial charge on any atom is 0.319 e. The molecule has 0 bridgehead atoms. The summed E-state index contributed by atoms with van der Waals surface area (Å²) in [5.74, 6) is 0.825. The van der Waals surface area contributed by atoms with Crippen LogP contribution < -0.4 is 15.4 Å². The van der Waals surface area contributed by atoms with Gasteiger partial charge in [-0.2, -0.15) is 0 Å². The van der Waals surface area contributed by atoms with Crippen molar-refractivity contribution in [3.05, 3.63) is 58.1 Å². The molecule has 2 amide bonds. The third kappa shape index (κ3) is 8.09. The molecule has 0 saturated carbocycles. The Morgan fingerprint density at radius 3 is 2.41 bits per heavy atom. The van der Waals surface area contributed by atoms with Crippen LogP contribution in [-0.4, -0.2) is 19.2 Å². The number of unbranched alkanes of at least 4 members (excludes halogenated alkanes) is 1. The Morgan fingerprint density at radius 1 is 1.07 bits per heavy atom. The van der Waals surface area contributed by atoms with E-state index >= 15 is 0 Å². The largest absolute Gasteiger partial charge is 0.492 e. The Bertz CT molecular complexity index is 782. The van der Waals surface area contributed by atoms with Crippen molar-refractivity contribution in [3.63, 3.8) is 0 Å². The predicted octanol–water partition coefficient (Wildman–Crippen LogP) is 6.68. The molecule has 0 radical (unpaired) electrons. The smallest absolute Gasteiger partial charge is 0.319 e. The number of amides is 2. The molecule has 0 aromatic heterocycles. The molecule has 0 aliphatic carbocycles. The summed E-state index contributed by atoms with van der Waals surface area (Å²) < 4.78 is 6.79. The van der Waals surface area contributed by atoms with Crippen molar-refractivity contribution in [3.8, 4) is 5.75 Å². The number of carbonyl (C=O) groups is 1. The number of halogens is 1. The molecular weight excluding hydrogens is 428 g/mol. The van der Waals surface area contributed by atoms with Gasteiger partial charge in [0.15, 0.2) is 0 Å². The number of nitrogens with one attached hydrogen (secondary N) is 2. The molecule has 2 N–H and O–H groups in total. The maximum atomic E-state index is 12.0. The number of aryl methyl sites for hydroxylation is 1. The maximum absolute atomic E-state index is 12.0. The molecule has 0 saturated heterocycles. The van der Waals surface area contributed by atoms with Crippen molar-refractivity contribution in [2.75, 3.05) is 18.5 Å². The van der Waals surface area contributed by atoms with Crippen LogP contribution in [0.1, 0.15) is 58.1 Å². The number of hydrogen-bond acceptors (Lipinski definition) is 2. The zero-order valence-electron chi connectivity index (χ0n) is 18.0. The van der Waals surface area contributed by atoms with Gasteiger partial charge >= 0.3 is 6.03 Å². The number of urea groups is 1. The summed E-state index contributed by atoms with van der Waals surface area (Å²) in [6.07, 6.45) is 4.19. The van der Waals surface area contributed by atoms with E-state index in [0.717, 1.165) is 28.8 Å². The van der Waals surface area contributed by atoms with Crippen LogP contribution in [0.2, 0.25) is 0 Å². The van der Waals surface area contributed by atoms with Crippen molar-refractivity contribution in [1.29, 1.82) is 0 Å². The molecule has 0 aliphatic rings. The molecule has 2 aromatic carbocycles. The molecule has 0 atom stereocenters. The van der Waals surface area contributed by atoms with Crippen molar-refractivity contribution in [2.24, 2.45) is 0 Å². The molecule has 158 valence electrons. The van der Waals surface area contributed by atoms with E-state index in [4.69, 9.17) is 4.74 Å². The van der Waals surface area contributed by atoms with E-state index in [1.54, 1.807) is 0 Å². The van der Waals surface area contributed by atoms with Crippen LogP contribution >= 0.6 is 15.9 Å². The molecule has 4 nitrogen and oxygen atoms in total. The molecule has 0 aliphatic heterocycles. The molecule has 0 fully saturated rings. The summed E-state index contributed by atoms with van der Waals surface area (Å²) >= 11 is 3.58. The summed E-state index contributed by atoms with van der Waals surface area (Å²) in [4.78, 5) is 12.0. The highest BCUT2D eigenvalue weighted by atomic mass is 79.9. The normalized spacial score (nSPS) is 11.2. The van der Waals surface area contributed by atoms with Gasteiger partial charge in [0, 0.05) is 12.2 Å². The van der Waals surface area contributed by atoms with Crippen LogP contribution in [0.15, 0.2) is 46.9 Å². The minimum atomic E-state index is -0.193. The Kier molecular flexibility index (Phi) is 9.02. The van der Waals surface area contributed by atoms with Gasteiger partial charge in [-0.3, -0.25) is 0 Å². The minimum Gasteiger partial charge on any atom is -0.492 e. The van der Waals surface area contributed by atoms with Gasteiger partial charge < -0.3 is 15.4 Å². The van der Waals surface area contributed by atoms with E-state index in [-0.39, 0.29) is 11.4 Å². The fourth-order valence-electron chi connectivity index (χ4n) is 2.85. The molecule has 0 unspecified atom stereocenters. The van der Waals surface area contributed by atoms with E-state index in [1.165, 1.54) is 24.0 Å². The van der Waals surface area contributed by atoms with Crippen LogP contribution in [0.5, 0.6) is 5.75 Å². The summed E-state index contributed by atoms with van der Waals surface area (Å²) in [5.41, 5.74) is 3.47. The molecule has 0 heterocycles. The zero-order valence-corrected chi connectivity index (χ0v) is 19.6. The van der Waals surface area contributed by atoms with E-state index in [9.17, 15) is 4.79 Å². The van der Waals surface area contributed by atoms with Gasteiger partial charge in [0.05, 0.1) is 11.1 Å². The number of anilines is 1. The third-order valence-electron chi connectivity index (χ3n) is 4.69. The topological polar surface area (TPSA) is 50.4 Å². The fraction of sp³-hybridized carbons (Fsp3) is 0.458. The van der Waals surface area contributed by atoms with Crippen LogP contribution in [-0.2, 0) is 11.8 Å². The van der Waals surface area contributed by atoms with Crippen LogP contribution in [0.4, 0.5) is 10.5 Å². The van der Waals surface area contributed by atoms with E-state index in [0.29, 0.717) is 13.2 Å². The summed E-state index contributed by atoms with van der Waals surface area (Å²) in [5, 5.41) is 5.73. The van der Waals surface area contributed by atoms with Crippen LogP contribution in [0.25, 0.3) is 0 Å². The van der Waals surface area contributed by atoms with Gasteiger partial charge in [-0.15, -0.1) is 0 Å². The van der Waals surface area contributed by atoms with Gasteiger partial charge in [0.25, 0.3) is 0 Å². The first-order valence-electron chi connectivity index (χ1n) is 10.4. The molecule has 2 aromatic rings. The highest BCUT2D eigenvalue weighted by Gasteiger charge is 2.15. The Labute approximate surface area is 183 Å². The quantitative estimate of drug-likeness (QED) is 0.409. The molecule has 0 spiro atoms. The number of ether oxygens (including phenoxy) is 1. The first-order chi connectivity index (χ1) is 13.8. The average Bonchev–Trinajstić information content (AvgIpc) is 2.67. The average molecular weight is 461 g/mol. The number of hydrogen-bond donors (Lipinski definition) is 2. The van der Waals surface area contributed by atoms with Gasteiger partial charge in [-0.1, -0.05) is 52.3 Å². The standard InChI is InChI=1S/C24H33BrN2O2/c1-5-6-8-18-9-12-20(13-10-18)27-23(28)26-15-7-16-29-22-14-11-19(17-21(22)25)24(2,3)4/h9-14,17H,5-8,15-16H2,1-4H3,(H2,26,27,28). The van der Waals surface area contributed by atoms with Crippen LogP contribution in [0, 0.1) is 0 Å². The van der Waals surface area contributed by atoms with Crippen molar-refractivity contribution < 1.29 is 9.53 Å². The SMILES string of the molecule is CCCCc1ccc(NC(=O)NCCCOc2ccc(C(C)(C)C)cc2Br)cc1. The van der Waals surface area contributed by atoms with Crippen molar-refractivity contribution in [1.82, 2.24) is 5.32 Å². The number of benzene rings is 2.